The Morgan fingerprint density at radius 3 is 2.29 bits per heavy atom. The average Bonchev–Trinajstić information content (AvgIpc) is 2.56. The summed E-state index contributed by atoms with van der Waals surface area (Å²) in [4.78, 5) is 13.8. The average molecular weight is 431 g/mol. The van der Waals surface area contributed by atoms with Crippen LogP contribution < -0.4 is 9.64 Å². The number of ether oxygens (including phenoxy) is 1. The summed E-state index contributed by atoms with van der Waals surface area (Å²) >= 11 is 1.72. The Hall–Kier alpha value is -2.15. The first-order valence-electron chi connectivity index (χ1n) is 7.62. The van der Waals surface area contributed by atoms with Gasteiger partial charge < -0.3 is 0 Å². The van der Waals surface area contributed by atoms with Crippen LogP contribution in [0, 0.1) is 6.92 Å². The summed E-state index contributed by atoms with van der Waals surface area (Å²) in [5.41, 5.74) is 1.97. The van der Waals surface area contributed by atoms with Crippen molar-refractivity contribution in [3.05, 3.63) is 72.3 Å². The van der Waals surface area contributed by atoms with Crippen molar-refractivity contribution < 1.29 is 9.53 Å². The molecule has 0 atom stereocenters. The molecule has 4 heteroatoms. The zero-order chi connectivity index (χ0) is 17.1. The third-order valence-corrected chi connectivity index (χ3v) is 4.47. The molecule has 0 spiro atoms. The van der Waals surface area contributed by atoms with Crippen molar-refractivity contribution in [2.45, 2.75) is 13.8 Å². The molecular formula is C20H17NO2Te. The van der Waals surface area contributed by atoms with Crippen LogP contribution in [0.25, 0.3) is 10.8 Å². The standard InChI is InChI=1S/C20H17NO2Te/c1-14-7-11-19(12-8-14)23-20(24)21(15(2)22)18-10-9-16-5-3-4-6-17(16)13-18/h3-13H,1-2H3. The first kappa shape index (κ1) is 16.7. The van der Waals surface area contributed by atoms with E-state index in [9.17, 15) is 4.79 Å². The number of aryl methyl sites for hydroxylation is 1. The Morgan fingerprint density at radius 2 is 1.62 bits per heavy atom. The van der Waals surface area contributed by atoms with Crippen LogP contribution in [0.2, 0.25) is 0 Å². The minimum absolute atomic E-state index is 0.0856. The molecular weight excluding hydrogens is 414 g/mol. The van der Waals surface area contributed by atoms with Gasteiger partial charge >= 0.3 is 154 Å². The fourth-order valence-electron chi connectivity index (χ4n) is 2.48. The van der Waals surface area contributed by atoms with E-state index in [2.05, 4.69) is 6.07 Å². The van der Waals surface area contributed by atoms with E-state index in [-0.39, 0.29) is 5.91 Å². The summed E-state index contributed by atoms with van der Waals surface area (Å²) in [5.74, 6) is 0.630. The van der Waals surface area contributed by atoms with Gasteiger partial charge in [0.2, 0.25) is 0 Å². The molecule has 0 N–H and O–H groups in total. The molecule has 3 aromatic carbocycles. The number of rotatable bonds is 4. The van der Waals surface area contributed by atoms with Gasteiger partial charge in [-0.25, -0.2) is 0 Å². The van der Waals surface area contributed by atoms with Crippen LogP contribution in [0.15, 0.2) is 66.7 Å². The molecule has 0 aliphatic heterocycles. The first-order valence-corrected chi connectivity index (χ1v) is 8.79. The van der Waals surface area contributed by atoms with Crippen molar-refractivity contribution >= 4 is 48.0 Å². The summed E-state index contributed by atoms with van der Waals surface area (Å²) in [6, 6.07) is 21.8. The maximum absolute atomic E-state index is 12.2. The Bertz CT molecular complexity index is 903. The number of hydrogen-bond donors (Lipinski definition) is 0. The van der Waals surface area contributed by atoms with Crippen LogP contribution in [0.5, 0.6) is 5.75 Å². The molecule has 0 fully saturated rings. The summed E-state index contributed by atoms with van der Waals surface area (Å²) in [7, 11) is 0. The van der Waals surface area contributed by atoms with E-state index in [1.165, 1.54) is 5.56 Å². The third-order valence-electron chi connectivity index (χ3n) is 3.71. The molecule has 120 valence electrons. The zero-order valence-corrected chi connectivity index (χ0v) is 15.9. The molecule has 0 saturated heterocycles. The van der Waals surface area contributed by atoms with E-state index >= 15 is 0 Å². The second-order valence-electron chi connectivity index (χ2n) is 5.57. The molecule has 0 aliphatic carbocycles. The van der Waals surface area contributed by atoms with Crippen molar-refractivity contribution in [3.8, 4) is 5.75 Å². The number of amides is 1. The van der Waals surface area contributed by atoms with Gasteiger partial charge in [-0.3, -0.25) is 0 Å². The van der Waals surface area contributed by atoms with Gasteiger partial charge in [0.25, 0.3) is 0 Å². The fraction of sp³-hybridized carbons (Fsp3) is 0.100. The van der Waals surface area contributed by atoms with Gasteiger partial charge in [-0.15, -0.1) is 0 Å². The molecule has 3 rings (SSSR count). The van der Waals surface area contributed by atoms with E-state index in [1.54, 1.807) is 33.6 Å². The second kappa shape index (κ2) is 7.17. The van der Waals surface area contributed by atoms with Gasteiger partial charge in [-0.1, -0.05) is 0 Å². The van der Waals surface area contributed by atoms with Crippen LogP contribution in [0.3, 0.4) is 0 Å². The van der Waals surface area contributed by atoms with E-state index < -0.39 is 0 Å². The van der Waals surface area contributed by atoms with E-state index in [0.29, 0.717) is 9.61 Å². The Balaban J connectivity index is 1.91. The number of nitrogens with zero attached hydrogens (tertiary/aromatic N) is 1. The Kier molecular flexibility index (Phi) is 4.99. The molecule has 0 unspecified atom stereocenters. The van der Waals surface area contributed by atoms with Crippen LogP contribution in [-0.4, -0.2) is 31.6 Å². The van der Waals surface area contributed by atoms with E-state index in [0.717, 1.165) is 16.5 Å². The topological polar surface area (TPSA) is 29.5 Å². The normalized spacial score (nSPS) is 10.4. The van der Waals surface area contributed by atoms with Gasteiger partial charge in [0.15, 0.2) is 0 Å². The van der Waals surface area contributed by atoms with Crippen molar-refractivity contribution in [1.29, 1.82) is 0 Å². The quantitative estimate of drug-likeness (QED) is 0.588. The van der Waals surface area contributed by atoms with Gasteiger partial charge in [0, 0.05) is 0 Å². The number of hydrogen-bond acceptors (Lipinski definition) is 2. The molecule has 0 heterocycles. The molecule has 0 aliphatic rings. The minimum atomic E-state index is -0.0856. The van der Waals surface area contributed by atoms with Crippen molar-refractivity contribution in [3.63, 3.8) is 0 Å². The van der Waals surface area contributed by atoms with Crippen molar-refractivity contribution in [1.82, 2.24) is 0 Å². The Morgan fingerprint density at radius 1 is 0.958 bits per heavy atom. The third kappa shape index (κ3) is 3.67. The molecule has 0 aromatic heterocycles. The number of fused-ring (bicyclic) bond motifs is 1. The molecule has 3 nitrogen and oxygen atoms in total. The maximum atomic E-state index is 12.2. The molecule has 0 bridgehead atoms. The predicted octanol–water partition coefficient (Wildman–Crippen LogP) is 3.84. The molecule has 0 radical (unpaired) electrons. The van der Waals surface area contributed by atoms with E-state index in [4.69, 9.17) is 4.74 Å². The van der Waals surface area contributed by atoms with Crippen LogP contribution in [0.4, 0.5) is 5.69 Å². The fourth-order valence-corrected chi connectivity index (χ4v) is 3.43. The first-order chi connectivity index (χ1) is 11.5. The SMILES string of the molecule is CC(=O)N(C(=[Te])Oc1ccc(C)cc1)c1ccc2ccccc2c1. The van der Waals surface area contributed by atoms with Crippen LogP contribution in [0.1, 0.15) is 12.5 Å². The van der Waals surface area contributed by atoms with Crippen molar-refractivity contribution in [2.75, 3.05) is 4.90 Å². The molecule has 1 amide bonds. The van der Waals surface area contributed by atoms with Gasteiger partial charge in [-0.05, 0) is 0 Å². The zero-order valence-electron chi connectivity index (χ0n) is 13.5. The predicted molar refractivity (Wildman–Crippen MR) is 99.7 cm³/mol. The number of carbonyl (C=O) groups is 1. The summed E-state index contributed by atoms with van der Waals surface area (Å²) in [6.45, 7) is 3.57. The monoisotopic (exact) mass is 433 g/mol. The number of anilines is 1. The van der Waals surface area contributed by atoms with Crippen LogP contribution in [-0.2, 0) is 4.79 Å². The second-order valence-corrected chi connectivity index (χ2v) is 6.56. The summed E-state index contributed by atoms with van der Waals surface area (Å²) in [6.07, 6.45) is 0. The molecule has 24 heavy (non-hydrogen) atoms. The molecule has 0 saturated carbocycles. The number of benzene rings is 3. The number of carbonyl (C=O) groups excluding carboxylic acids is 1. The van der Waals surface area contributed by atoms with Crippen molar-refractivity contribution in [2.24, 2.45) is 0 Å². The molecule has 3 aromatic rings. The van der Waals surface area contributed by atoms with Gasteiger partial charge in [0.1, 0.15) is 0 Å². The summed E-state index contributed by atoms with van der Waals surface area (Å²) < 4.78 is 6.42. The summed E-state index contributed by atoms with van der Waals surface area (Å²) in [5, 5.41) is 2.23. The van der Waals surface area contributed by atoms with Crippen LogP contribution >= 0.6 is 0 Å². The van der Waals surface area contributed by atoms with Gasteiger partial charge in [0.05, 0.1) is 0 Å². The van der Waals surface area contributed by atoms with E-state index in [1.807, 2.05) is 67.6 Å². The van der Waals surface area contributed by atoms with Gasteiger partial charge in [-0.2, -0.15) is 0 Å². The Labute approximate surface area is 154 Å².